The zero-order valence-electron chi connectivity index (χ0n) is 13.6. The van der Waals surface area contributed by atoms with E-state index in [9.17, 15) is 4.79 Å². The van der Waals surface area contributed by atoms with E-state index < -0.39 is 6.04 Å². The predicted molar refractivity (Wildman–Crippen MR) is 89.5 cm³/mol. The molecule has 0 saturated heterocycles. The number of nitrogens with zero attached hydrogens (tertiary/aromatic N) is 3. The number of benzene rings is 1. The number of aryl methyl sites for hydroxylation is 1. The number of carbonyl (C=O) groups is 1. The number of hydrogen-bond acceptors (Lipinski definition) is 6. The molecule has 1 aromatic carbocycles. The van der Waals surface area contributed by atoms with Gasteiger partial charge in [0.05, 0.1) is 35.8 Å². The molecule has 1 amide bonds. The Labute approximate surface area is 140 Å². The number of hydrogen-bond donors (Lipinski definition) is 2. The van der Waals surface area contributed by atoms with Crippen LogP contribution in [0.25, 0.3) is 0 Å². The average Bonchev–Trinajstić information content (AvgIpc) is 2.62. The van der Waals surface area contributed by atoms with Crippen LogP contribution in [-0.2, 0) is 11.2 Å². The highest BCUT2D eigenvalue weighted by Crippen LogP contribution is 2.24. The van der Waals surface area contributed by atoms with Crippen molar-refractivity contribution in [3.63, 3.8) is 0 Å². The van der Waals surface area contributed by atoms with E-state index in [0.717, 1.165) is 5.56 Å². The van der Waals surface area contributed by atoms with E-state index in [2.05, 4.69) is 21.4 Å². The molecular weight excluding hydrogens is 306 g/mol. The van der Waals surface area contributed by atoms with Crippen LogP contribution >= 0.6 is 0 Å². The molecule has 3 N–H and O–H groups in total. The maximum atomic E-state index is 11.7. The highest BCUT2D eigenvalue weighted by molar-refractivity contribution is 5.94. The van der Waals surface area contributed by atoms with Crippen molar-refractivity contribution in [1.82, 2.24) is 9.97 Å². The van der Waals surface area contributed by atoms with Gasteiger partial charge in [0.2, 0.25) is 5.91 Å². The zero-order valence-corrected chi connectivity index (χ0v) is 13.6. The van der Waals surface area contributed by atoms with E-state index in [0.29, 0.717) is 29.8 Å². The predicted octanol–water partition coefficient (Wildman–Crippen LogP) is 2.38. The Bertz CT molecular complexity index is 753. The van der Waals surface area contributed by atoms with Crippen LogP contribution in [0, 0.1) is 11.3 Å². The first-order valence-corrected chi connectivity index (χ1v) is 7.66. The summed E-state index contributed by atoms with van der Waals surface area (Å²) in [6.45, 7) is 3.81. The van der Waals surface area contributed by atoms with Gasteiger partial charge in [0.15, 0.2) is 0 Å². The minimum atomic E-state index is -0.563. The molecule has 0 aliphatic carbocycles. The number of ether oxygens (including phenoxy) is 1. The van der Waals surface area contributed by atoms with Crippen molar-refractivity contribution in [3.8, 4) is 17.8 Å². The summed E-state index contributed by atoms with van der Waals surface area (Å²) in [4.78, 5) is 19.9. The van der Waals surface area contributed by atoms with Gasteiger partial charge in [-0.05, 0) is 36.6 Å². The third kappa shape index (κ3) is 4.27. The number of aromatic nitrogens is 2. The van der Waals surface area contributed by atoms with Crippen molar-refractivity contribution < 1.29 is 9.53 Å². The first-order chi connectivity index (χ1) is 11.6. The molecule has 2 aromatic rings. The quantitative estimate of drug-likeness (QED) is 0.843. The van der Waals surface area contributed by atoms with Crippen LogP contribution in [0.2, 0.25) is 0 Å². The molecule has 24 heavy (non-hydrogen) atoms. The van der Waals surface area contributed by atoms with Gasteiger partial charge in [0.1, 0.15) is 5.75 Å². The number of rotatable bonds is 6. The number of nitrogens with two attached hydrogens (primary N) is 1. The second kappa shape index (κ2) is 8.04. The lowest BCUT2D eigenvalue weighted by Gasteiger charge is -2.11. The standard InChI is InChI=1S/C17H19N5O2/c1-3-12-7-11(8-18)5-6-15(12)24-17-20-9-13(10-21-17)22-16(23)14(19)4-2/h5-7,9-10,14H,3-4,19H2,1-2H3,(H,22,23)/t14-/m1/s1. The summed E-state index contributed by atoms with van der Waals surface area (Å²) in [5.74, 6) is 0.316. The molecular formula is C17H19N5O2. The van der Waals surface area contributed by atoms with Gasteiger partial charge in [0, 0.05) is 0 Å². The van der Waals surface area contributed by atoms with E-state index in [1.807, 2.05) is 13.8 Å². The third-order valence-electron chi connectivity index (χ3n) is 3.44. The van der Waals surface area contributed by atoms with Crippen LogP contribution in [0.15, 0.2) is 30.6 Å². The molecule has 0 saturated carbocycles. The smallest absolute Gasteiger partial charge is 0.322 e. The van der Waals surface area contributed by atoms with Crippen LogP contribution in [0.3, 0.4) is 0 Å². The zero-order chi connectivity index (χ0) is 17.5. The Morgan fingerprint density at radius 3 is 2.67 bits per heavy atom. The Morgan fingerprint density at radius 2 is 2.08 bits per heavy atom. The van der Waals surface area contributed by atoms with Crippen LogP contribution in [0.1, 0.15) is 31.4 Å². The van der Waals surface area contributed by atoms with Crippen molar-refractivity contribution in [2.45, 2.75) is 32.7 Å². The molecule has 0 spiro atoms. The van der Waals surface area contributed by atoms with Crippen LogP contribution in [0.4, 0.5) is 5.69 Å². The van der Waals surface area contributed by atoms with Crippen molar-refractivity contribution in [2.75, 3.05) is 5.32 Å². The molecule has 124 valence electrons. The SMILES string of the molecule is CCc1cc(C#N)ccc1Oc1ncc(NC(=O)[C@H](N)CC)cn1. The molecule has 1 heterocycles. The van der Waals surface area contributed by atoms with Crippen LogP contribution < -0.4 is 15.8 Å². The second-order valence-electron chi connectivity index (χ2n) is 5.15. The van der Waals surface area contributed by atoms with E-state index in [1.165, 1.54) is 12.4 Å². The normalized spacial score (nSPS) is 11.4. The topological polar surface area (TPSA) is 114 Å². The largest absolute Gasteiger partial charge is 0.424 e. The van der Waals surface area contributed by atoms with E-state index >= 15 is 0 Å². The number of nitriles is 1. The Morgan fingerprint density at radius 1 is 1.38 bits per heavy atom. The number of anilines is 1. The molecule has 0 unspecified atom stereocenters. The summed E-state index contributed by atoms with van der Waals surface area (Å²) in [7, 11) is 0. The molecule has 2 rings (SSSR count). The average molecular weight is 325 g/mol. The van der Waals surface area contributed by atoms with Gasteiger partial charge in [-0.1, -0.05) is 13.8 Å². The summed E-state index contributed by atoms with van der Waals surface area (Å²) in [6.07, 6.45) is 4.18. The lowest BCUT2D eigenvalue weighted by atomic mass is 10.1. The summed E-state index contributed by atoms with van der Waals surface area (Å²) >= 11 is 0. The van der Waals surface area contributed by atoms with Gasteiger partial charge in [-0.15, -0.1) is 0 Å². The lowest BCUT2D eigenvalue weighted by molar-refractivity contribution is -0.117. The molecule has 0 aliphatic heterocycles. The number of carbonyl (C=O) groups excluding carboxylic acids is 1. The second-order valence-corrected chi connectivity index (χ2v) is 5.15. The number of amides is 1. The minimum Gasteiger partial charge on any atom is -0.424 e. The first kappa shape index (κ1) is 17.4. The molecule has 0 bridgehead atoms. The molecule has 1 aromatic heterocycles. The van der Waals surface area contributed by atoms with Gasteiger partial charge in [0.25, 0.3) is 0 Å². The Balaban J connectivity index is 2.09. The molecule has 0 radical (unpaired) electrons. The van der Waals surface area contributed by atoms with Gasteiger partial charge in [-0.25, -0.2) is 9.97 Å². The maximum absolute atomic E-state index is 11.7. The molecule has 7 nitrogen and oxygen atoms in total. The fraction of sp³-hybridized carbons (Fsp3) is 0.294. The molecule has 0 aliphatic rings. The minimum absolute atomic E-state index is 0.159. The van der Waals surface area contributed by atoms with Crippen LogP contribution in [0.5, 0.6) is 11.8 Å². The van der Waals surface area contributed by atoms with Crippen molar-refractivity contribution in [3.05, 3.63) is 41.7 Å². The van der Waals surface area contributed by atoms with Gasteiger partial charge < -0.3 is 15.8 Å². The van der Waals surface area contributed by atoms with Gasteiger partial charge >= 0.3 is 6.01 Å². The highest BCUT2D eigenvalue weighted by atomic mass is 16.5. The first-order valence-electron chi connectivity index (χ1n) is 7.66. The third-order valence-corrected chi connectivity index (χ3v) is 3.44. The highest BCUT2D eigenvalue weighted by Gasteiger charge is 2.12. The van der Waals surface area contributed by atoms with E-state index in [4.69, 9.17) is 15.7 Å². The summed E-state index contributed by atoms with van der Waals surface area (Å²) in [6, 6.07) is 6.86. The van der Waals surface area contributed by atoms with E-state index in [-0.39, 0.29) is 11.9 Å². The monoisotopic (exact) mass is 325 g/mol. The summed E-state index contributed by atoms with van der Waals surface area (Å²) in [5, 5.41) is 11.6. The van der Waals surface area contributed by atoms with Crippen molar-refractivity contribution >= 4 is 11.6 Å². The maximum Gasteiger partial charge on any atom is 0.322 e. The van der Waals surface area contributed by atoms with Crippen molar-refractivity contribution in [2.24, 2.45) is 5.73 Å². The van der Waals surface area contributed by atoms with Crippen molar-refractivity contribution in [1.29, 1.82) is 5.26 Å². The fourth-order valence-corrected chi connectivity index (χ4v) is 1.98. The Kier molecular flexibility index (Phi) is 5.82. The molecule has 7 heteroatoms. The molecule has 0 fully saturated rings. The summed E-state index contributed by atoms with van der Waals surface area (Å²) in [5.41, 5.74) is 7.57. The fourth-order valence-electron chi connectivity index (χ4n) is 1.98. The summed E-state index contributed by atoms with van der Waals surface area (Å²) < 4.78 is 5.66. The van der Waals surface area contributed by atoms with E-state index in [1.54, 1.807) is 18.2 Å². The lowest BCUT2D eigenvalue weighted by Crippen LogP contribution is -2.34. The molecule has 1 atom stereocenters. The Hall–Kier alpha value is -2.98. The van der Waals surface area contributed by atoms with Crippen LogP contribution in [-0.4, -0.2) is 21.9 Å². The van der Waals surface area contributed by atoms with Gasteiger partial charge in [-0.3, -0.25) is 4.79 Å². The number of nitrogens with one attached hydrogen (secondary N) is 1. The van der Waals surface area contributed by atoms with Gasteiger partial charge in [-0.2, -0.15) is 5.26 Å².